The van der Waals surface area contributed by atoms with Crippen molar-refractivity contribution in [3.05, 3.63) is 5.82 Å². The molecular formula is C5H11N5O. The molecule has 0 fully saturated rings. The summed E-state index contributed by atoms with van der Waals surface area (Å²) in [7, 11) is 0. The first-order valence-corrected chi connectivity index (χ1v) is 3.50. The minimum absolute atomic E-state index is 0.240. The van der Waals surface area contributed by atoms with Crippen LogP contribution in [-0.2, 0) is 13.1 Å². The number of tetrazole rings is 1. The van der Waals surface area contributed by atoms with Gasteiger partial charge in [-0.3, -0.25) is 0 Å². The van der Waals surface area contributed by atoms with Crippen molar-refractivity contribution >= 4 is 0 Å². The molecule has 6 heteroatoms. The summed E-state index contributed by atoms with van der Waals surface area (Å²) in [5.41, 5.74) is 1.96. The second-order valence-corrected chi connectivity index (χ2v) is 2.14. The van der Waals surface area contributed by atoms with Gasteiger partial charge in [0, 0.05) is 0 Å². The number of aromatic nitrogens is 4. The van der Waals surface area contributed by atoms with Crippen LogP contribution in [0.3, 0.4) is 0 Å². The summed E-state index contributed by atoms with van der Waals surface area (Å²) in [5, 5.41) is 19.7. The van der Waals surface area contributed by atoms with E-state index in [0.717, 1.165) is 13.0 Å². The number of hydrogen-bond donors (Lipinski definition) is 2. The van der Waals surface area contributed by atoms with Gasteiger partial charge in [0.15, 0.2) is 5.82 Å². The lowest BCUT2D eigenvalue weighted by atomic mass is 10.5. The summed E-state index contributed by atoms with van der Waals surface area (Å²) in [5.74, 6) is 0.501. The molecule has 0 aliphatic carbocycles. The second kappa shape index (κ2) is 3.99. The van der Waals surface area contributed by atoms with E-state index in [2.05, 4.69) is 15.4 Å². The smallest absolute Gasteiger partial charge is 0.190 e. The van der Waals surface area contributed by atoms with Crippen LogP contribution in [0.15, 0.2) is 0 Å². The van der Waals surface area contributed by atoms with Crippen LogP contribution in [0.1, 0.15) is 19.2 Å². The van der Waals surface area contributed by atoms with Gasteiger partial charge in [-0.15, -0.1) is 10.2 Å². The maximum atomic E-state index is 8.29. The van der Waals surface area contributed by atoms with Gasteiger partial charge in [0.1, 0.15) is 0 Å². The Morgan fingerprint density at radius 3 is 3.09 bits per heavy atom. The summed E-state index contributed by atoms with van der Waals surface area (Å²) in [6, 6.07) is 0. The van der Waals surface area contributed by atoms with Crippen LogP contribution in [0.4, 0.5) is 0 Å². The third-order valence-corrected chi connectivity index (χ3v) is 1.16. The van der Waals surface area contributed by atoms with Gasteiger partial charge in [0.2, 0.25) is 0 Å². The zero-order valence-corrected chi connectivity index (χ0v) is 6.36. The van der Waals surface area contributed by atoms with E-state index in [4.69, 9.17) is 5.21 Å². The maximum Gasteiger partial charge on any atom is 0.190 e. The largest absolute Gasteiger partial charge is 0.316 e. The van der Waals surface area contributed by atoms with E-state index in [-0.39, 0.29) is 6.54 Å². The zero-order valence-electron chi connectivity index (χ0n) is 6.36. The topological polar surface area (TPSA) is 75.9 Å². The SMILES string of the molecule is CCCn1nnc(CNO)n1. The highest BCUT2D eigenvalue weighted by molar-refractivity contribution is 4.72. The lowest BCUT2D eigenvalue weighted by Crippen LogP contribution is -2.08. The van der Waals surface area contributed by atoms with Gasteiger partial charge in [0.05, 0.1) is 13.1 Å². The monoisotopic (exact) mass is 157 g/mol. The normalized spacial score (nSPS) is 10.4. The number of hydroxylamine groups is 1. The number of aryl methyl sites for hydroxylation is 1. The number of nitrogens with zero attached hydrogens (tertiary/aromatic N) is 4. The Bertz CT molecular complexity index is 190. The predicted molar refractivity (Wildman–Crippen MR) is 36.7 cm³/mol. The Hall–Kier alpha value is -1.01. The lowest BCUT2D eigenvalue weighted by molar-refractivity contribution is 0.158. The Kier molecular flexibility index (Phi) is 2.94. The first-order valence-electron chi connectivity index (χ1n) is 3.50. The van der Waals surface area contributed by atoms with E-state index in [1.807, 2.05) is 12.4 Å². The Morgan fingerprint density at radius 2 is 2.45 bits per heavy atom. The van der Waals surface area contributed by atoms with Crippen molar-refractivity contribution in [3.8, 4) is 0 Å². The van der Waals surface area contributed by atoms with Gasteiger partial charge in [-0.1, -0.05) is 6.92 Å². The van der Waals surface area contributed by atoms with Crippen molar-refractivity contribution in [2.24, 2.45) is 0 Å². The molecule has 0 unspecified atom stereocenters. The van der Waals surface area contributed by atoms with E-state index in [0.29, 0.717) is 5.82 Å². The van der Waals surface area contributed by atoms with E-state index < -0.39 is 0 Å². The van der Waals surface area contributed by atoms with Gasteiger partial charge in [-0.05, 0) is 11.6 Å². The average molecular weight is 157 g/mol. The van der Waals surface area contributed by atoms with Crippen LogP contribution >= 0.6 is 0 Å². The van der Waals surface area contributed by atoms with Gasteiger partial charge in [-0.25, -0.2) is 0 Å². The zero-order chi connectivity index (χ0) is 8.10. The molecule has 0 saturated heterocycles. The summed E-state index contributed by atoms with van der Waals surface area (Å²) in [4.78, 5) is 1.51. The third kappa shape index (κ3) is 2.24. The van der Waals surface area contributed by atoms with Crippen molar-refractivity contribution in [2.45, 2.75) is 26.4 Å². The standard InChI is InChI=1S/C5H11N5O/c1-2-3-10-8-5(4-6-11)7-9-10/h6,11H,2-4H2,1H3. The third-order valence-electron chi connectivity index (χ3n) is 1.16. The summed E-state index contributed by atoms with van der Waals surface area (Å²) in [6.45, 7) is 3.04. The Labute approximate surface area is 64.2 Å². The van der Waals surface area contributed by atoms with Crippen molar-refractivity contribution in [3.63, 3.8) is 0 Å². The molecule has 1 aromatic rings. The fourth-order valence-corrected chi connectivity index (χ4v) is 0.713. The summed E-state index contributed by atoms with van der Waals surface area (Å²) < 4.78 is 0. The molecule has 0 spiro atoms. The Balaban J connectivity index is 2.51. The molecule has 1 rings (SSSR count). The highest BCUT2D eigenvalue weighted by Crippen LogP contribution is 1.86. The number of nitrogens with one attached hydrogen (secondary N) is 1. The highest BCUT2D eigenvalue weighted by atomic mass is 16.5. The molecule has 62 valence electrons. The van der Waals surface area contributed by atoms with Crippen LogP contribution in [0.25, 0.3) is 0 Å². The second-order valence-electron chi connectivity index (χ2n) is 2.14. The van der Waals surface area contributed by atoms with Crippen LogP contribution in [0, 0.1) is 0 Å². The molecule has 0 saturated carbocycles. The van der Waals surface area contributed by atoms with Crippen LogP contribution in [0.2, 0.25) is 0 Å². The molecule has 0 aliphatic heterocycles. The number of hydrogen-bond acceptors (Lipinski definition) is 5. The average Bonchev–Trinajstić information content (AvgIpc) is 2.38. The lowest BCUT2D eigenvalue weighted by Gasteiger charge is -1.90. The molecule has 0 aromatic carbocycles. The fourth-order valence-electron chi connectivity index (χ4n) is 0.713. The van der Waals surface area contributed by atoms with Crippen LogP contribution in [-0.4, -0.2) is 25.4 Å². The van der Waals surface area contributed by atoms with E-state index in [1.165, 1.54) is 4.80 Å². The molecule has 0 amide bonds. The van der Waals surface area contributed by atoms with E-state index in [1.54, 1.807) is 0 Å². The Morgan fingerprint density at radius 1 is 1.64 bits per heavy atom. The molecule has 0 atom stereocenters. The minimum atomic E-state index is 0.240. The van der Waals surface area contributed by atoms with E-state index in [9.17, 15) is 0 Å². The van der Waals surface area contributed by atoms with Crippen molar-refractivity contribution in [1.29, 1.82) is 0 Å². The molecule has 11 heavy (non-hydrogen) atoms. The number of rotatable bonds is 4. The molecule has 0 radical (unpaired) electrons. The first kappa shape index (κ1) is 8.09. The minimum Gasteiger partial charge on any atom is -0.316 e. The fraction of sp³-hybridized carbons (Fsp3) is 0.800. The molecule has 1 heterocycles. The molecule has 2 N–H and O–H groups in total. The van der Waals surface area contributed by atoms with Gasteiger partial charge >= 0.3 is 0 Å². The van der Waals surface area contributed by atoms with E-state index >= 15 is 0 Å². The molecule has 1 aromatic heterocycles. The summed E-state index contributed by atoms with van der Waals surface area (Å²) >= 11 is 0. The van der Waals surface area contributed by atoms with Gasteiger partial charge < -0.3 is 5.21 Å². The molecule has 0 aliphatic rings. The summed E-state index contributed by atoms with van der Waals surface area (Å²) in [6.07, 6.45) is 0.975. The van der Waals surface area contributed by atoms with Crippen molar-refractivity contribution in [2.75, 3.05) is 0 Å². The van der Waals surface area contributed by atoms with Crippen molar-refractivity contribution < 1.29 is 5.21 Å². The van der Waals surface area contributed by atoms with Crippen LogP contribution in [0.5, 0.6) is 0 Å². The van der Waals surface area contributed by atoms with Gasteiger partial charge in [-0.2, -0.15) is 10.3 Å². The quantitative estimate of drug-likeness (QED) is 0.579. The van der Waals surface area contributed by atoms with Crippen LogP contribution < -0.4 is 5.48 Å². The maximum absolute atomic E-state index is 8.29. The first-order chi connectivity index (χ1) is 5.36. The highest BCUT2D eigenvalue weighted by Gasteiger charge is 1.99. The van der Waals surface area contributed by atoms with Gasteiger partial charge in [0.25, 0.3) is 0 Å². The predicted octanol–water partition coefficient (Wildman–Crippen LogP) is -0.438. The molecule has 6 nitrogen and oxygen atoms in total. The molecule has 0 bridgehead atoms. The molecular weight excluding hydrogens is 146 g/mol. The van der Waals surface area contributed by atoms with Crippen molar-refractivity contribution in [1.82, 2.24) is 25.7 Å².